The van der Waals surface area contributed by atoms with Crippen LogP contribution in [0.4, 0.5) is 22.7 Å². The maximum Gasteiger partial charge on any atom is 0.0463 e. The zero-order valence-corrected chi connectivity index (χ0v) is 29.4. The predicted octanol–water partition coefficient (Wildman–Crippen LogP) is 12.8. The Morgan fingerprint density at radius 3 is 2.04 bits per heavy atom. The molecule has 0 bridgehead atoms. The molecule has 0 spiro atoms. The highest BCUT2D eigenvalue weighted by atomic mass is 15.2. The summed E-state index contributed by atoms with van der Waals surface area (Å²) in [5.41, 5.74) is 12.1. The Labute approximate surface area is 289 Å². The molecule has 0 radical (unpaired) electrons. The van der Waals surface area contributed by atoms with Crippen molar-refractivity contribution in [1.29, 1.82) is 0 Å². The summed E-state index contributed by atoms with van der Waals surface area (Å²) in [5.74, 6) is 1.04. The van der Waals surface area contributed by atoms with Crippen LogP contribution in [0.25, 0.3) is 0 Å². The molecule has 0 saturated heterocycles. The van der Waals surface area contributed by atoms with Gasteiger partial charge < -0.3 is 15.1 Å². The minimum absolute atomic E-state index is 0.496. The molecule has 246 valence electrons. The van der Waals surface area contributed by atoms with E-state index in [-0.39, 0.29) is 0 Å². The second-order valence-electron chi connectivity index (χ2n) is 12.8. The highest BCUT2D eigenvalue weighted by Crippen LogP contribution is 2.39. The van der Waals surface area contributed by atoms with Gasteiger partial charge in [-0.05, 0) is 116 Å². The molecular formula is C45H51N3. The molecule has 3 aromatic rings. The fraction of sp³-hybridized carbons (Fsp3) is 0.244. The van der Waals surface area contributed by atoms with Gasteiger partial charge in [-0.15, -0.1) is 0 Å². The minimum Gasteiger partial charge on any atom is -0.359 e. The number of nitrogens with one attached hydrogen (secondary N) is 1. The Kier molecular flexibility index (Phi) is 11.9. The molecule has 2 heterocycles. The van der Waals surface area contributed by atoms with Gasteiger partial charge in [0.2, 0.25) is 0 Å². The molecule has 2 aliphatic rings. The van der Waals surface area contributed by atoms with Crippen molar-refractivity contribution in [3.63, 3.8) is 0 Å². The third-order valence-corrected chi connectivity index (χ3v) is 9.08. The molecule has 1 unspecified atom stereocenters. The SMILES string of the molecule is C=C/C=C1\CC=C(/C=C\C/C=C/C=C2\CC=C(/C=C\C)N2c2ccc(N(c3ccc(C(C)C)cc3)c3ccc(C(C)CC)cc3)cc2)N1. The normalized spacial score (nSPS) is 17.2. The van der Waals surface area contributed by atoms with Crippen molar-refractivity contribution in [3.05, 3.63) is 180 Å². The molecule has 0 saturated carbocycles. The van der Waals surface area contributed by atoms with Gasteiger partial charge in [0.1, 0.15) is 0 Å². The number of anilines is 4. The second kappa shape index (κ2) is 16.7. The Balaban J connectivity index is 1.37. The quantitative estimate of drug-likeness (QED) is 0.202. The molecule has 0 aromatic heterocycles. The van der Waals surface area contributed by atoms with Crippen LogP contribution in [-0.4, -0.2) is 0 Å². The van der Waals surface area contributed by atoms with Crippen molar-refractivity contribution < 1.29 is 0 Å². The zero-order valence-electron chi connectivity index (χ0n) is 29.4. The van der Waals surface area contributed by atoms with Crippen LogP contribution in [0.2, 0.25) is 0 Å². The number of hydrogen-bond donors (Lipinski definition) is 1. The summed E-state index contributed by atoms with van der Waals surface area (Å²) in [6.45, 7) is 14.9. The monoisotopic (exact) mass is 633 g/mol. The Morgan fingerprint density at radius 1 is 0.792 bits per heavy atom. The highest BCUT2D eigenvalue weighted by Gasteiger charge is 2.21. The summed E-state index contributed by atoms with van der Waals surface area (Å²) in [6.07, 6.45) is 27.5. The standard InChI is InChI=1S/C45H51N3/c1-7-14-38-22-23-39(46-38)16-12-10-11-13-17-41-29-28-40(15-8-2)47(41)44-30-32-45(33-31-44)48(42-24-18-36(19-25-42)34(4)5)43-26-20-37(21-27-43)35(6)9-3/h7-8,11-21,23-28,30-35,46H,1,9-10,22,29H2,2-6H3/b13-11+,15-8-,16-12-,38-14+,41-17+. The van der Waals surface area contributed by atoms with Gasteiger partial charge >= 0.3 is 0 Å². The van der Waals surface area contributed by atoms with Crippen LogP contribution in [0.15, 0.2) is 169 Å². The molecule has 48 heavy (non-hydrogen) atoms. The molecule has 0 amide bonds. The van der Waals surface area contributed by atoms with E-state index in [0.717, 1.165) is 54.1 Å². The first kappa shape index (κ1) is 34.3. The van der Waals surface area contributed by atoms with Crippen LogP contribution in [0.3, 0.4) is 0 Å². The number of allylic oxidation sites excluding steroid dienone is 11. The molecule has 1 atom stereocenters. The first-order valence-corrected chi connectivity index (χ1v) is 17.5. The van der Waals surface area contributed by atoms with Crippen molar-refractivity contribution in [2.75, 3.05) is 9.80 Å². The Morgan fingerprint density at radius 2 is 1.44 bits per heavy atom. The van der Waals surface area contributed by atoms with E-state index in [9.17, 15) is 0 Å². The third kappa shape index (κ3) is 8.46. The maximum atomic E-state index is 3.78. The first-order valence-electron chi connectivity index (χ1n) is 17.5. The van der Waals surface area contributed by atoms with Crippen LogP contribution in [0, 0.1) is 0 Å². The van der Waals surface area contributed by atoms with Crippen LogP contribution < -0.4 is 15.1 Å². The van der Waals surface area contributed by atoms with Gasteiger partial charge in [-0.3, -0.25) is 0 Å². The van der Waals surface area contributed by atoms with Gasteiger partial charge in [0.25, 0.3) is 0 Å². The summed E-state index contributed by atoms with van der Waals surface area (Å²) < 4.78 is 0. The van der Waals surface area contributed by atoms with Crippen molar-refractivity contribution in [1.82, 2.24) is 5.32 Å². The lowest BCUT2D eigenvalue weighted by atomic mass is 9.98. The highest BCUT2D eigenvalue weighted by molar-refractivity contribution is 5.78. The fourth-order valence-electron chi connectivity index (χ4n) is 6.12. The zero-order chi connectivity index (χ0) is 33.9. The van der Waals surface area contributed by atoms with E-state index in [1.54, 1.807) is 0 Å². The molecule has 3 nitrogen and oxygen atoms in total. The molecule has 3 aromatic carbocycles. The molecule has 1 N–H and O–H groups in total. The van der Waals surface area contributed by atoms with Crippen LogP contribution in [-0.2, 0) is 0 Å². The van der Waals surface area contributed by atoms with Gasteiger partial charge in [-0.2, -0.15) is 0 Å². The van der Waals surface area contributed by atoms with Gasteiger partial charge in [0.15, 0.2) is 0 Å². The van der Waals surface area contributed by atoms with E-state index in [1.807, 2.05) is 12.2 Å². The van der Waals surface area contributed by atoms with Crippen LogP contribution >= 0.6 is 0 Å². The lowest BCUT2D eigenvalue weighted by Crippen LogP contribution is -2.16. The van der Waals surface area contributed by atoms with Crippen molar-refractivity contribution in [2.45, 2.75) is 72.1 Å². The van der Waals surface area contributed by atoms with Crippen LogP contribution in [0.5, 0.6) is 0 Å². The number of benzene rings is 3. The lowest BCUT2D eigenvalue weighted by Gasteiger charge is -2.28. The molecule has 2 aliphatic heterocycles. The van der Waals surface area contributed by atoms with E-state index in [0.29, 0.717) is 11.8 Å². The third-order valence-electron chi connectivity index (χ3n) is 9.08. The van der Waals surface area contributed by atoms with Crippen LogP contribution in [0.1, 0.15) is 83.3 Å². The second-order valence-corrected chi connectivity index (χ2v) is 12.8. The molecule has 3 heteroatoms. The Bertz CT molecular complexity index is 1740. The van der Waals surface area contributed by atoms with Crippen molar-refractivity contribution >= 4 is 22.7 Å². The smallest absolute Gasteiger partial charge is 0.0463 e. The fourth-order valence-corrected chi connectivity index (χ4v) is 6.12. The average Bonchev–Trinajstić information content (AvgIpc) is 3.73. The van der Waals surface area contributed by atoms with Gasteiger partial charge in [0, 0.05) is 58.4 Å². The molecule has 0 fully saturated rings. The van der Waals surface area contributed by atoms with Gasteiger partial charge in [-0.1, -0.05) is 101 Å². The van der Waals surface area contributed by atoms with Gasteiger partial charge in [-0.25, -0.2) is 0 Å². The van der Waals surface area contributed by atoms with Crippen molar-refractivity contribution in [2.24, 2.45) is 0 Å². The summed E-state index contributed by atoms with van der Waals surface area (Å²) >= 11 is 0. The maximum absolute atomic E-state index is 3.78. The van der Waals surface area contributed by atoms with E-state index in [4.69, 9.17) is 0 Å². The lowest BCUT2D eigenvalue weighted by molar-refractivity contribution is 0.733. The minimum atomic E-state index is 0.496. The topological polar surface area (TPSA) is 18.5 Å². The summed E-state index contributed by atoms with van der Waals surface area (Å²) in [4.78, 5) is 4.73. The largest absolute Gasteiger partial charge is 0.359 e. The number of hydrogen-bond acceptors (Lipinski definition) is 3. The molecule has 0 aliphatic carbocycles. The summed E-state index contributed by atoms with van der Waals surface area (Å²) in [6, 6.07) is 27.1. The van der Waals surface area contributed by atoms with E-state index in [2.05, 4.69) is 184 Å². The molecular weight excluding hydrogens is 583 g/mol. The number of nitrogens with zero attached hydrogens (tertiary/aromatic N) is 2. The van der Waals surface area contributed by atoms with Crippen molar-refractivity contribution in [3.8, 4) is 0 Å². The van der Waals surface area contributed by atoms with E-state index in [1.165, 1.54) is 28.2 Å². The molecule has 5 rings (SSSR count). The summed E-state index contributed by atoms with van der Waals surface area (Å²) in [5, 5.41) is 3.42. The van der Waals surface area contributed by atoms with E-state index >= 15 is 0 Å². The average molecular weight is 634 g/mol. The van der Waals surface area contributed by atoms with E-state index < -0.39 is 0 Å². The van der Waals surface area contributed by atoms with Gasteiger partial charge in [0.05, 0.1) is 0 Å². The first-order chi connectivity index (χ1) is 23.4. The predicted molar refractivity (Wildman–Crippen MR) is 209 cm³/mol. The Hall–Kier alpha value is -5.02. The summed E-state index contributed by atoms with van der Waals surface area (Å²) in [7, 11) is 0. The number of rotatable bonds is 13.